The highest BCUT2D eigenvalue weighted by Crippen LogP contribution is 2.15. The maximum atomic E-state index is 14.1. The Morgan fingerprint density at radius 3 is 2.45 bits per heavy atom. The standard InChI is InChI=1S/C17H21FN2/c1-13-5-3-6-14(9-13)11-20(2)12-16-8-4-7-15(10-19)17(16)18/h3-9H,10-12,19H2,1-2H3. The Morgan fingerprint density at radius 2 is 1.75 bits per heavy atom. The zero-order valence-electron chi connectivity index (χ0n) is 12.1. The van der Waals surface area contributed by atoms with Gasteiger partial charge in [-0.2, -0.15) is 0 Å². The van der Waals surface area contributed by atoms with Gasteiger partial charge in [0.1, 0.15) is 5.82 Å². The van der Waals surface area contributed by atoms with Crippen molar-refractivity contribution in [3.05, 3.63) is 70.5 Å². The first kappa shape index (κ1) is 14.7. The Hall–Kier alpha value is -1.71. The highest BCUT2D eigenvalue weighted by atomic mass is 19.1. The van der Waals surface area contributed by atoms with Gasteiger partial charge < -0.3 is 5.73 Å². The molecule has 0 heterocycles. The van der Waals surface area contributed by atoms with Crippen molar-refractivity contribution >= 4 is 0 Å². The maximum absolute atomic E-state index is 14.1. The third kappa shape index (κ3) is 3.65. The molecule has 0 aliphatic rings. The summed E-state index contributed by atoms with van der Waals surface area (Å²) in [5, 5.41) is 0. The van der Waals surface area contributed by atoms with E-state index in [0.717, 1.165) is 6.54 Å². The monoisotopic (exact) mass is 272 g/mol. The van der Waals surface area contributed by atoms with Gasteiger partial charge >= 0.3 is 0 Å². The van der Waals surface area contributed by atoms with Gasteiger partial charge in [-0.3, -0.25) is 4.90 Å². The van der Waals surface area contributed by atoms with Gasteiger partial charge in [-0.15, -0.1) is 0 Å². The van der Waals surface area contributed by atoms with Crippen molar-refractivity contribution in [2.45, 2.75) is 26.6 Å². The van der Waals surface area contributed by atoms with Gasteiger partial charge in [-0.05, 0) is 19.5 Å². The van der Waals surface area contributed by atoms with Gasteiger partial charge in [0, 0.05) is 30.8 Å². The van der Waals surface area contributed by atoms with E-state index in [0.29, 0.717) is 17.7 Å². The summed E-state index contributed by atoms with van der Waals surface area (Å²) >= 11 is 0. The van der Waals surface area contributed by atoms with Gasteiger partial charge in [0.05, 0.1) is 0 Å². The molecule has 2 aromatic rings. The maximum Gasteiger partial charge on any atom is 0.132 e. The zero-order valence-corrected chi connectivity index (χ0v) is 12.1. The molecule has 2 rings (SSSR count). The molecule has 0 saturated heterocycles. The molecular formula is C17H21FN2. The number of nitrogens with zero attached hydrogens (tertiary/aromatic N) is 1. The van der Waals surface area contributed by atoms with Gasteiger partial charge in [0.25, 0.3) is 0 Å². The van der Waals surface area contributed by atoms with Crippen molar-refractivity contribution in [1.82, 2.24) is 4.90 Å². The molecular weight excluding hydrogens is 251 g/mol. The van der Waals surface area contributed by atoms with Crippen LogP contribution in [0.25, 0.3) is 0 Å². The Labute approximate surface area is 120 Å². The first-order chi connectivity index (χ1) is 9.60. The van der Waals surface area contributed by atoms with E-state index in [9.17, 15) is 4.39 Å². The van der Waals surface area contributed by atoms with Crippen molar-refractivity contribution in [2.75, 3.05) is 7.05 Å². The van der Waals surface area contributed by atoms with E-state index < -0.39 is 0 Å². The van der Waals surface area contributed by atoms with Crippen LogP contribution in [0.1, 0.15) is 22.3 Å². The Morgan fingerprint density at radius 1 is 1.05 bits per heavy atom. The molecule has 0 atom stereocenters. The topological polar surface area (TPSA) is 29.3 Å². The molecule has 0 bridgehead atoms. The molecule has 0 unspecified atom stereocenters. The third-order valence-electron chi connectivity index (χ3n) is 3.35. The summed E-state index contributed by atoms with van der Waals surface area (Å²) in [6.07, 6.45) is 0. The summed E-state index contributed by atoms with van der Waals surface area (Å²) in [6.45, 7) is 3.69. The zero-order chi connectivity index (χ0) is 14.5. The lowest BCUT2D eigenvalue weighted by atomic mass is 10.1. The second-order valence-electron chi connectivity index (χ2n) is 5.26. The average Bonchev–Trinajstić information content (AvgIpc) is 2.41. The van der Waals surface area contributed by atoms with Crippen LogP contribution >= 0.6 is 0 Å². The molecule has 2 aromatic carbocycles. The second kappa shape index (κ2) is 6.64. The summed E-state index contributed by atoms with van der Waals surface area (Å²) in [5.41, 5.74) is 9.29. The number of benzene rings is 2. The lowest BCUT2D eigenvalue weighted by molar-refractivity contribution is 0.313. The van der Waals surface area contributed by atoms with Crippen molar-refractivity contribution in [3.63, 3.8) is 0 Å². The Kier molecular flexibility index (Phi) is 4.88. The number of hydrogen-bond acceptors (Lipinski definition) is 2. The highest BCUT2D eigenvalue weighted by molar-refractivity contribution is 5.26. The number of aryl methyl sites for hydroxylation is 1. The fourth-order valence-corrected chi connectivity index (χ4v) is 2.38. The molecule has 3 heteroatoms. The van der Waals surface area contributed by atoms with Crippen LogP contribution in [-0.4, -0.2) is 11.9 Å². The Bertz CT molecular complexity index is 581. The first-order valence-corrected chi connectivity index (χ1v) is 6.80. The van der Waals surface area contributed by atoms with E-state index >= 15 is 0 Å². The van der Waals surface area contributed by atoms with Crippen LogP contribution < -0.4 is 5.73 Å². The van der Waals surface area contributed by atoms with E-state index in [1.54, 1.807) is 6.07 Å². The molecule has 106 valence electrons. The van der Waals surface area contributed by atoms with Gasteiger partial charge in [-0.25, -0.2) is 4.39 Å². The van der Waals surface area contributed by atoms with E-state index in [2.05, 4.69) is 30.0 Å². The van der Waals surface area contributed by atoms with Crippen molar-refractivity contribution in [3.8, 4) is 0 Å². The molecule has 0 amide bonds. The molecule has 2 N–H and O–H groups in total. The highest BCUT2D eigenvalue weighted by Gasteiger charge is 2.09. The summed E-state index contributed by atoms with van der Waals surface area (Å²) < 4.78 is 14.1. The molecule has 20 heavy (non-hydrogen) atoms. The minimum absolute atomic E-state index is 0.175. The minimum Gasteiger partial charge on any atom is -0.326 e. The minimum atomic E-state index is -0.175. The molecule has 2 nitrogen and oxygen atoms in total. The fraction of sp³-hybridized carbons (Fsp3) is 0.294. The van der Waals surface area contributed by atoms with Gasteiger partial charge in [0.15, 0.2) is 0 Å². The predicted molar refractivity (Wildman–Crippen MR) is 80.6 cm³/mol. The average molecular weight is 272 g/mol. The quantitative estimate of drug-likeness (QED) is 0.905. The van der Waals surface area contributed by atoms with Crippen LogP contribution in [0.15, 0.2) is 42.5 Å². The molecule has 0 spiro atoms. The second-order valence-corrected chi connectivity index (χ2v) is 5.26. The fourth-order valence-electron chi connectivity index (χ4n) is 2.38. The number of hydrogen-bond donors (Lipinski definition) is 1. The molecule has 0 aromatic heterocycles. The van der Waals surface area contributed by atoms with E-state index in [1.165, 1.54) is 11.1 Å². The van der Waals surface area contributed by atoms with Crippen LogP contribution in [0.5, 0.6) is 0 Å². The number of halogens is 1. The van der Waals surface area contributed by atoms with Crippen LogP contribution in [0, 0.1) is 12.7 Å². The lowest BCUT2D eigenvalue weighted by Gasteiger charge is -2.18. The summed E-state index contributed by atoms with van der Waals surface area (Å²) in [7, 11) is 2.00. The van der Waals surface area contributed by atoms with Crippen molar-refractivity contribution in [2.24, 2.45) is 5.73 Å². The van der Waals surface area contributed by atoms with E-state index in [4.69, 9.17) is 5.73 Å². The number of nitrogens with two attached hydrogens (primary N) is 1. The molecule has 0 aliphatic heterocycles. The van der Waals surface area contributed by atoms with Gasteiger partial charge in [-0.1, -0.05) is 48.0 Å². The molecule has 0 saturated carbocycles. The molecule has 0 fully saturated rings. The number of rotatable bonds is 5. The van der Waals surface area contributed by atoms with Crippen LogP contribution in [0.3, 0.4) is 0 Å². The third-order valence-corrected chi connectivity index (χ3v) is 3.35. The van der Waals surface area contributed by atoms with Crippen LogP contribution in [0.4, 0.5) is 4.39 Å². The van der Waals surface area contributed by atoms with E-state index in [-0.39, 0.29) is 12.4 Å². The van der Waals surface area contributed by atoms with Crippen molar-refractivity contribution in [1.29, 1.82) is 0 Å². The van der Waals surface area contributed by atoms with Crippen molar-refractivity contribution < 1.29 is 4.39 Å². The molecule has 0 radical (unpaired) electrons. The first-order valence-electron chi connectivity index (χ1n) is 6.80. The van der Waals surface area contributed by atoms with Crippen LogP contribution in [0.2, 0.25) is 0 Å². The molecule has 0 aliphatic carbocycles. The van der Waals surface area contributed by atoms with Gasteiger partial charge in [0.2, 0.25) is 0 Å². The summed E-state index contributed by atoms with van der Waals surface area (Å²) in [4.78, 5) is 2.10. The SMILES string of the molecule is Cc1cccc(CN(C)Cc2cccc(CN)c2F)c1. The van der Waals surface area contributed by atoms with Crippen LogP contribution in [-0.2, 0) is 19.6 Å². The summed E-state index contributed by atoms with van der Waals surface area (Å²) in [6, 6.07) is 13.8. The Balaban J connectivity index is 2.06. The predicted octanol–water partition coefficient (Wildman–Crippen LogP) is 3.22. The summed E-state index contributed by atoms with van der Waals surface area (Å²) in [5.74, 6) is -0.175. The lowest BCUT2D eigenvalue weighted by Crippen LogP contribution is -2.18. The smallest absolute Gasteiger partial charge is 0.132 e. The largest absolute Gasteiger partial charge is 0.326 e. The normalized spacial score (nSPS) is 11.1. The van der Waals surface area contributed by atoms with E-state index in [1.807, 2.05) is 25.2 Å².